The number of hydrogen-bond acceptors (Lipinski definition) is 3. The van der Waals surface area contributed by atoms with Gasteiger partial charge >= 0.3 is 0 Å². The minimum atomic E-state index is -0.0390. The number of carbonyl (C=O) groups is 1. The third kappa shape index (κ3) is 2.99. The molecule has 1 aromatic carbocycles. The fraction of sp³-hybridized carbons (Fsp3) is 0.100. The van der Waals surface area contributed by atoms with E-state index in [2.05, 4.69) is 5.32 Å². The summed E-state index contributed by atoms with van der Waals surface area (Å²) >= 11 is 0. The van der Waals surface area contributed by atoms with Gasteiger partial charge < -0.3 is 10.4 Å². The van der Waals surface area contributed by atoms with E-state index in [0.717, 1.165) is 0 Å². The number of aromatic hydroxyl groups is 1. The van der Waals surface area contributed by atoms with E-state index in [-0.39, 0.29) is 11.5 Å². The molecule has 0 aliphatic heterocycles. The summed E-state index contributed by atoms with van der Waals surface area (Å²) in [5.74, 6) is 0.124. The molecule has 0 saturated carbocycles. The highest BCUT2D eigenvalue weighted by atomic mass is 16.3. The van der Waals surface area contributed by atoms with Crippen molar-refractivity contribution in [1.29, 1.82) is 0 Å². The van der Waals surface area contributed by atoms with Crippen molar-refractivity contribution in [3.05, 3.63) is 36.5 Å². The molecule has 1 aromatic rings. The number of nitrogens with one attached hydrogen (secondary N) is 1. The Balaban J connectivity index is 2.64. The highest BCUT2D eigenvalue weighted by Crippen LogP contribution is 2.20. The van der Waals surface area contributed by atoms with Crippen LogP contribution in [0.4, 0.5) is 5.69 Å². The van der Waals surface area contributed by atoms with Gasteiger partial charge in [0.15, 0.2) is 5.78 Å². The Hall–Kier alpha value is -1.77. The summed E-state index contributed by atoms with van der Waals surface area (Å²) in [4.78, 5) is 10.5. The van der Waals surface area contributed by atoms with Crippen LogP contribution in [-0.2, 0) is 4.79 Å². The molecule has 68 valence electrons. The third-order valence-corrected chi connectivity index (χ3v) is 1.46. The summed E-state index contributed by atoms with van der Waals surface area (Å²) in [5, 5.41) is 12.1. The van der Waals surface area contributed by atoms with Gasteiger partial charge in [0.2, 0.25) is 0 Å². The van der Waals surface area contributed by atoms with Crippen LogP contribution in [0.3, 0.4) is 0 Å². The summed E-state index contributed by atoms with van der Waals surface area (Å²) in [5.41, 5.74) is 0.583. The molecule has 13 heavy (non-hydrogen) atoms. The number of benzene rings is 1. The van der Waals surface area contributed by atoms with Crippen LogP contribution in [0.25, 0.3) is 0 Å². The van der Waals surface area contributed by atoms with Crippen molar-refractivity contribution in [2.24, 2.45) is 0 Å². The maximum absolute atomic E-state index is 10.5. The normalized spacial score (nSPS) is 10.2. The smallest absolute Gasteiger partial charge is 0.154 e. The number of rotatable bonds is 3. The minimum Gasteiger partial charge on any atom is -0.506 e. The molecule has 0 heterocycles. The molecule has 1 rings (SSSR count). The molecule has 0 bridgehead atoms. The lowest BCUT2D eigenvalue weighted by atomic mass is 10.3. The van der Waals surface area contributed by atoms with Crippen molar-refractivity contribution < 1.29 is 9.90 Å². The molecule has 0 aliphatic rings. The molecule has 0 aliphatic carbocycles. The maximum Gasteiger partial charge on any atom is 0.154 e. The van der Waals surface area contributed by atoms with E-state index >= 15 is 0 Å². The van der Waals surface area contributed by atoms with Crippen molar-refractivity contribution in [3.8, 4) is 5.75 Å². The van der Waals surface area contributed by atoms with Crippen molar-refractivity contribution in [1.82, 2.24) is 0 Å². The molecule has 0 saturated heterocycles. The van der Waals surface area contributed by atoms with Gasteiger partial charge in [-0.15, -0.1) is 0 Å². The highest BCUT2D eigenvalue weighted by Gasteiger charge is 1.94. The molecule has 0 aromatic heterocycles. The van der Waals surface area contributed by atoms with Crippen LogP contribution in [-0.4, -0.2) is 10.9 Å². The van der Waals surface area contributed by atoms with Crippen LogP contribution >= 0.6 is 0 Å². The zero-order valence-corrected chi connectivity index (χ0v) is 7.32. The van der Waals surface area contributed by atoms with Gasteiger partial charge in [0, 0.05) is 6.20 Å². The summed E-state index contributed by atoms with van der Waals surface area (Å²) < 4.78 is 0. The summed E-state index contributed by atoms with van der Waals surface area (Å²) in [6, 6.07) is 6.82. The highest BCUT2D eigenvalue weighted by molar-refractivity contribution is 5.87. The number of phenolic OH excluding ortho intramolecular Hbond substituents is 1. The number of hydrogen-bond donors (Lipinski definition) is 2. The molecule has 0 unspecified atom stereocenters. The first-order valence-corrected chi connectivity index (χ1v) is 3.92. The van der Waals surface area contributed by atoms with E-state index in [4.69, 9.17) is 0 Å². The standard InChI is InChI=1S/C10H11NO2/c1-8(12)6-7-11-9-4-2-3-5-10(9)13/h2-7,11,13H,1H3/b7-6+. The Morgan fingerprint density at radius 3 is 2.77 bits per heavy atom. The van der Waals surface area contributed by atoms with Gasteiger partial charge in [-0.3, -0.25) is 4.79 Å². The van der Waals surface area contributed by atoms with Gasteiger partial charge in [0.1, 0.15) is 5.75 Å². The van der Waals surface area contributed by atoms with E-state index in [1.165, 1.54) is 19.2 Å². The van der Waals surface area contributed by atoms with Gasteiger partial charge in [0.25, 0.3) is 0 Å². The number of para-hydroxylation sites is 2. The first kappa shape index (κ1) is 9.32. The summed E-state index contributed by atoms with van der Waals surface area (Å²) in [7, 11) is 0. The molecule has 0 spiro atoms. The van der Waals surface area contributed by atoms with Crippen molar-refractivity contribution >= 4 is 11.5 Å². The van der Waals surface area contributed by atoms with Crippen LogP contribution in [0.1, 0.15) is 6.92 Å². The lowest BCUT2D eigenvalue weighted by molar-refractivity contribution is -0.112. The zero-order valence-electron chi connectivity index (χ0n) is 7.32. The molecular weight excluding hydrogens is 166 g/mol. The number of allylic oxidation sites excluding steroid dienone is 1. The zero-order chi connectivity index (χ0) is 9.68. The van der Waals surface area contributed by atoms with Crippen LogP contribution < -0.4 is 5.32 Å². The van der Waals surface area contributed by atoms with Crippen LogP contribution in [0, 0.1) is 0 Å². The van der Waals surface area contributed by atoms with E-state index in [0.29, 0.717) is 5.69 Å². The molecular formula is C10H11NO2. The Morgan fingerprint density at radius 1 is 1.46 bits per heavy atom. The average molecular weight is 177 g/mol. The third-order valence-electron chi connectivity index (χ3n) is 1.46. The maximum atomic E-state index is 10.5. The van der Waals surface area contributed by atoms with Crippen molar-refractivity contribution in [3.63, 3.8) is 0 Å². The van der Waals surface area contributed by atoms with E-state index < -0.39 is 0 Å². The monoisotopic (exact) mass is 177 g/mol. The Morgan fingerprint density at radius 2 is 2.15 bits per heavy atom. The number of ketones is 1. The fourth-order valence-electron chi connectivity index (χ4n) is 0.844. The second kappa shape index (κ2) is 4.30. The largest absolute Gasteiger partial charge is 0.506 e. The number of anilines is 1. The lowest BCUT2D eigenvalue weighted by Gasteiger charge is -2.01. The van der Waals surface area contributed by atoms with Crippen molar-refractivity contribution in [2.45, 2.75) is 6.92 Å². The van der Waals surface area contributed by atoms with E-state index in [1.807, 2.05) is 0 Å². The van der Waals surface area contributed by atoms with Gasteiger partial charge in [-0.1, -0.05) is 12.1 Å². The van der Waals surface area contributed by atoms with Crippen LogP contribution in [0.2, 0.25) is 0 Å². The van der Waals surface area contributed by atoms with Gasteiger partial charge in [0.05, 0.1) is 5.69 Å². The van der Waals surface area contributed by atoms with E-state index in [9.17, 15) is 9.90 Å². The Kier molecular flexibility index (Phi) is 3.09. The van der Waals surface area contributed by atoms with Crippen molar-refractivity contribution in [2.75, 3.05) is 5.32 Å². The topological polar surface area (TPSA) is 49.3 Å². The molecule has 0 fully saturated rings. The Bertz CT molecular complexity index is 331. The number of carbonyl (C=O) groups excluding carboxylic acids is 1. The first-order chi connectivity index (χ1) is 6.20. The minimum absolute atomic E-state index is 0.0390. The summed E-state index contributed by atoms with van der Waals surface area (Å²) in [6.45, 7) is 1.46. The molecule has 3 nitrogen and oxygen atoms in total. The number of phenols is 1. The second-order valence-electron chi connectivity index (χ2n) is 2.61. The van der Waals surface area contributed by atoms with Gasteiger partial charge in [-0.05, 0) is 25.1 Å². The predicted octanol–water partition coefficient (Wildman–Crippen LogP) is 1.91. The molecule has 2 N–H and O–H groups in total. The molecule has 0 amide bonds. The SMILES string of the molecule is CC(=O)/C=C/Nc1ccccc1O. The van der Waals surface area contributed by atoms with Gasteiger partial charge in [-0.2, -0.15) is 0 Å². The summed E-state index contributed by atoms with van der Waals surface area (Å²) in [6.07, 6.45) is 2.89. The lowest BCUT2D eigenvalue weighted by Crippen LogP contribution is -1.89. The molecule has 0 atom stereocenters. The average Bonchev–Trinajstić information content (AvgIpc) is 2.08. The molecule has 0 radical (unpaired) electrons. The quantitative estimate of drug-likeness (QED) is 0.547. The fourth-order valence-corrected chi connectivity index (χ4v) is 0.844. The first-order valence-electron chi connectivity index (χ1n) is 3.92. The molecule has 3 heteroatoms. The van der Waals surface area contributed by atoms with Crippen LogP contribution in [0.5, 0.6) is 5.75 Å². The van der Waals surface area contributed by atoms with Crippen LogP contribution in [0.15, 0.2) is 36.5 Å². The predicted molar refractivity (Wildman–Crippen MR) is 51.6 cm³/mol. The van der Waals surface area contributed by atoms with Gasteiger partial charge in [-0.25, -0.2) is 0 Å². The second-order valence-corrected chi connectivity index (χ2v) is 2.61. The van der Waals surface area contributed by atoms with E-state index in [1.54, 1.807) is 24.3 Å². The Labute approximate surface area is 76.7 Å².